The van der Waals surface area contributed by atoms with Crippen molar-refractivity contribution in [3.63, 3.8) is 0 Å². The van der Waals surface area contributed by atoms with Crippen molar-refractivity contribution >= 4 is 16.6 Å². The highest BCUT2D eigenvalue weighted by molar-refractivity contribution is 6.70. The molecule has 0 aromatic rings. The Kier molecular flexibility index (Phi) is 6.95. The van der Waals surface area contributed by atoms with Crippen LogP contribution in [0.1, 0.15) is 12.8 Å². The molecule has 0 saturated heterocycles. The lowest BCUT2D eigenvalue weighted by atomic mass is 10.1. The molecule has 0 amide bonds. The highest BCUT2D eigenvalue weighted by Crippen LogP contribution is 2.21. The van der Waals surface area contributed by atoms with Gasteiger partial charge in [-0.2, -0.15) is 0 Å². The van der Waals surface area contributed by atoms with Crippen molar-refractivity contribution < 1.29 is 8.85 Å². The predicted molar refractivity (Wildman–Crippen MR) is 83.3 cm³/mol. The van der Waals surface area contributed by atoms with E-state index in [0.29, 0.717) is 12.8 Å². The molecule has 0 heterocycles. The van der Waals surface area contributed by atoms with Gasteiger partial charge in [0.2, 0.25) is 0 Å². The zero-order chi connectivity index (χ0) is 14.4. The summed E-state index contributed by atoms with van der Waals surface area (Å²) < 4.78 is 12.3. The van der Waals surface area contributed by atoms with Gasteiger partial charge in [0.15, 0.2) is 16.6 Å². The second kappa shape index (κ2) is 7.16. The molecular weight excluding hydrogens is 256 g/mol. The lowest BCUT2D eigenvalue weighted by molar-refractivity contribution is 0.0503. The largest absolute Gasteiger partial charge is 0.411 e. The highest BCUT2D eigenvalue weighted by atomic mass is 28.4. The minimum absolute atomic E-state index is 0.0792. The van der Waals surface area contributed by atoms with Crippen LogP contribution >= 0.6 is 0 Å². The van der Waals surface area contributed by atoms with Crippen molar-refractivity contribution in [2.45, 2.75) is 64.3 Å². The molecule has 102 valence electrons. The second-order valence-corrected chi connectivity index (χ2v) is 15.3. The Labute approximate surface area is 115 Å². The molecule has 0 bridgehead atoms. The minimum atomic E-state index is -1.65. The van der Waals surface area contributed by atoms with Crippen LogP contribution in [0.15, 0.2) is 0 Å². The van der Waals surface area contributed by atoms with Crippen molar-refractivity contribution in [1.29, 1.82) is 0 Å². The number of terminal acetylenes is 2. The fraction of sp³-hybridized carbons (Fsp3) is 0.714. The van der Waals surface area contributed by atoms with Crippen LogP contribution in [-0.2, 0) is 8.85 Å². The van der Waals surface area contributed by atoms with Gasteiger partial charge in [0.05, 0.1) is 12.2 Å². The Balaban J connectivity index is 4.89. The third kappa shape index (κ3) is 8.55. The fourth-order valence-corrected chi connectivity index (χ4v) is 3.93. The molecule has 0 aliphatic rings. The first-order valence-corrected chi connectivity index (χ1v) is 13.1. The van der Waals surface area contributed by atoms with Gasteiger partial charge in [0.25, 0.3) is 0 Å². The van der Waals surface area contributed by atoms with E-state index < -0.39 is 16.6 Å². The van der Waals surface area contributed by atoms with Gasteiger partial charge in [-0.3, -0.25) is 0 Å². The van der Waals surface area contributed by atoms with Gasteiger partial charge >= 0.3 is 0 Å². The first kappa shape index (κ1) is 17.5. The van der Waals surface area contributed by atoms with Crippen LogP contribution in [0.5, 0.6) is 0 Å². The standard InChI is InChI=1S/C14H26O2Si2/c1-9-11-13(15-17(3,4)5)14(12-10-2)16-18(6,7)8/h1-2,13-14H,11-12H2,3-8H3/t13-,14-/m0/s1. The average Bonchev–Trinajstić information content (AvgIpc) is 2.12. The lowest BCUT2D eigenvalue weighted by Gasteiger charge is -2.34. The average molecular weight is 283 g/mol. The Hall–Kier alpha value is -0.526. The smallest absolute Gasteiger partial charge is 0.184 e. The Morgan fingerprint density at radius 3 is 1.22 bits per heavy atom. The lowest BCUT2D eigenvalue weighted by Crippen LogP contribution is -2.44. The van der Waals surface area contributed by atoms with E-state index in [1.54, 1.807) is 0 Å². The van der Waals surface area contributed by atoms with Gasteiger partial charge in [-0.1, -0.05) is 0 Å². The predicted octanol–water partition coefficient (Wildman–Crippen LogP) is 3.47. The van der Waals surface area contributed by atoms with Crippen molar-refractivity contribution in [3.8, 4) is 24.7 Å². The molecule has 0 fully saturated rings. The van der Waals surface area contributed by atoms with Gasteiger partial charge in [0.1, 0.15) is 0 Å². The molecule has 0 unspecified atom stereocenters. The van der Waals surface area contributed by atoms with Gasteiger partial charge in [-0.15, -0.1) is 24.7 Å². The summed E-state index contributed by atoms with van der Waals surface area (Å²) in [6.45, 7) is 12.9. The molecule has 0 radical (unpaired) electrons. The van der Waals surface area contributed by atoms with E-state index >= 15 is 0 Å². The van der Waals surface area contributed by atoms with E-state index in [9.17, 15) is 0 Å². The molecule has 0 aromatic heterocycles. The van der Waals surface area contributed by atoms with E-state index in [2.05, 4.69) is 51.1 Å². The van der Waals surface area contributed by atoms with Crippen LogP contribution in [0.3, 0.4) is 0 Å². The van der Waals surface area contributed by atoms with Gasteiger partial charge in [-0.05, 0) is 39.3 Å². The Morgan fingerprint density at radius 2 is 1.06 bits per heavy atom. The maximum Gasteiger partial charge on any atom is 0.184 e. The molecule has 0 aromatic carbocycles. The van der Waals surface area contributed by atoms with Crippen LogP contribution < -0.4 is 0 Å². The van der Waals surface area contributed by atoms with Crippen LogP contribution in [-0.4, -0.2) is 28.8 Å². The molecule has 0 aliphatic carbocycles. The van der Waals surface area contributed by atoms with E-state index in [0.717, 1.165) is 0 Å². The first-order valence-electron chi connectivity index (χ1n) is 6.31. The van der Waals surface area contributed by atoms with Crippen molar-refractivity contribution in [2.75, 3.05) is 0 Å². The summed E-state index contributed by atoms with van der Waals surface area (Å²) in [6.07, 6.45) is 11.8. The van der Waals surface area contributed by atoms with Crippen molar-refractivity contribution in [2.24, 2.45) is 0 Å². The summed E-state index contributed by atoms with van der Waals surface area (Å²) in [5.41, 5.74) is 0. The molecule has 4 heteroatoms. The summed E-state index contributed by atoms with van der Waals surface area (Å²) in [5, 5.41) is 0. The molecule has 0 aliphatic heterocycles. The second-order valence-electron chi connectivity index (χ2n) is 6.35. The summed E-state index contributed by atoms with van der Waals surface area (Å²) in [7, 11) is -3.31. The first-order chi connectivity index (χ1) is 8.09. The van der Waals surface area contributed by atoms with E-state index in [-0.39, 0.29) is 12.2 Å². The maximum atomic E-state index is 6.14. The Morgan fingerprint density at radius 1 is 0.778 bits per heavy atom. The summed E-state index contributed by atoms with van der Waals surface area (Å²) in [4.78, 5) is 0. The highest BCUT2D eigenvalue weighted by Gasteiger charge is 2.31. The third-order valence-electron chi connectivity index (χ3n) is 2.06. The molecular formula is C14H26O2Si2. The van der Waals surface area contributed by atoms with Crippen LogP contribution in [0.2, 0.25) is 39.3 Å². The number of hydrogen-bond acceptors (Lipinski definition) is 2. The maximum absolute atomic E-state index is 6.14. The van der Waals surface area contributed by atoms with Crippen LogP contribution in [0.4, 0.5) is 0 Å². The molecule has 0 rings (SSSR count). The summed E-state index contributed by atoms with van der Waals surface area (Å²) in [6, 6.07) is 0. The van der Waals surface area contributed by atoms with Gasteiger partial charge in [-0.25, -0.2) is 0 Å². The SMILES string of the molecule is C#CC[C@H](O[Si](C)(C)C)[C@H](CC#C)O[Si](C)(C)C. The molecule has 18 heavy (non-hydrogen) atoms. The molecule has 2 atom stereocenters. The molecule has 0 saturated carbocycles. The zero-order valence-electron chi connectivity index (χ0n) is 12.5. The van der Waals surface area contributed by atoms with E-state index in [1.807, 2.05) is 0 Å². The topological polar surface area (TPSA) is 18.5 Å². The number of rotatable bonds is 7. The molecule has 0 N–H and O–H groups in total. The van der Waals surface area contributed by atoms with Crippen LogP contribution in [0.25, 0.3) is 0 Å². The number of hydrogen-bond donors (Lipinski definition) is 0. The van der Waals surface area contributed by atoms with E-state index in [4.69, 9.17) is 21.7 Å². The summed E-state index contributed by atoms with van der Waals surface area (Å²) in [5.74, 6) is 5.36. The third-order valence-corrected chi connectivity index (χ3v) is 4.08. The van der Waals surface area contributed by atoms with Crippen molar-refractivity contribution in [1.82, 2.24) is 0 Å². The van der Waals surface area contributed by atoms with E-state index in [1.165, 1.54) is 0 Å². The van der Waals surface area contributed by atoms with Crippen molar-refractivity contribution in [3.05, 3.63) is 0 Å². The minimum Gasteiger partial charge on any atom is -0.411 e. The molecule has 0 spiro atoms. The quantitative estimate of drug-likeness (QED) is 0.526. The normalized spacial score (nSPS) is 15.6. The monoisotopic (exact) mass is 282 g/mol. The van der Waals surface area contributed by atoms with Crippen LogP contribution in [0, 0.1) is 24.7 Å². The summed E-state index contributed by atoms with van der Waals surface area (Å²) >= 11 is 0. The zero-order valence-corrected chi connectivity index (χ0v) is 14.5. The molecule has 2 nitrogen and oxygen atoms in total. The van der Waals surface area contributed by atoms with Gasteiger partial charge in [0, 0.05) is 12.8 Å². The Bertz CT molecular complexity index is 292. The van der Waals surface area contributed by atoms with Gasteiger partial charge < -0.3 is 8.85 Å². The fourth-order valence-electron chi connectivity index (χ4n) is 1.64.